The van der Waals surface area contributed by atoms with Crippen molar-refractivity contribution in [3.63, 3.8) is 0 Å². The number of hydrogen-bond acceptors (Lipinski definition) is 5. The number of nitrogens with one attached hydrogen (secondary N) is 2. The van der Waals surface area contributed by atoms with Crippen molar-refractivity contribution in [3.8, 4) is 0 Å². The zero-order valence-electron chi connectivity index (χ0n) is 13.6. The lowest BCUT2D eigenvalue weighted by molar-refractivity contribution is 0.544. The van der Waals surface area contributed by atoms with Gasteiger partial charge in [0.15, 0.2) is 15.8 Å². The van der Waals surface area contributed by atoms with Crippen LogP contribution in [-0.4, -0.2) is 50.5 Å². The third-order valence-corrected chi connectivity index (χ3v) is 6.33. The van der Waals surface area contributed by atoms with Crippen molar-refractivity contribution in [1.29, 1.82) is 0 Å². The lowest BCUT2D eigenvalue weighted by Gasteiger charge is -2.24. The summed E-state index contributed by atoms with van der Waals surface area (Å²) in [6, 6.07) is 0. The van der Waals surface area contributed by atoms with E-state index in [1.807, 2.05) is 13.1 Å². The van der Waals surface area contributed by atoms with E-state index in [0.29, 0.717) is 19.0 Å². The molecule has 0 aliphatic rings. The molecule has 0 unspecified atom stereocenters. The molecule has 1 aromatic heterocycles. The molecular weight excluding hydrogens is 435 g/mol. The first-order valence-electron chi connectivity index (χ1n) is 6.71. The Morgan fingerprint density at radius 3 is 2.50 bits per heavy atom. The Kier molecular flexibility index (Phi) is 8.85. The molecule has 0 aromatic carbocycles. The lowest BCUT2D eigenvalue weighted by atomic mass is 10.2. The zero-order valence-corrected chi connectivity index (χ0v) is 17.6. The predicted molar refractivity (Wildman–Crippen MR) is 104 cm³/mol. The second-order valence-electron chi connectivity index (χ2n) is 5.50. The van der Waals surface area contributed by atoms with Crippen LogP contribution in [0, 0.1) is 6.92 Å². The van der Waals surface area contributed by atoms with Crippen LogP contribution in [0.15, 0.2) is 11.2 Å². The minimum absolute atomic E-state index is 0. The van der Waals surface area contributed by atoms with Crippen LogP contribution in [0.2, 0.25) is 0 Å². The van der Waals surface area contributed by atoms with Gasteiger partial charge < -0.3 is 10.6 Å². The molecule has 0 fully saturated rings. The van der Waals surface area contributed by atoms with Crippen LogP contribution < -0.4 is 10.6 Å². The zero-order chi connectivity index (χ0) is 16.1. The third-order valence-electron chi connectivity index (χ3n) is 3.21. The monoisotopic (exact) mass is 460 g/mol. The molecule has 0 spiro atoms. The fraction of sp³-hybridized carbons (Fsp3) is 0.692. The van der Waals surface area contributed by atoms with E-state index in [9.17, 15) is 8.42 Å². The standard InChI is InChI=1S/C13H24N4O2S2.HI/c1-10-8-16-11(20-10)6-7-15-12(14-4)17-9-13(2,3)21(5,18)19;/h8H,6-7,9H2,1-5H3,(H2,14,15,17);1H. The Balaban J connectivity index is 0.00000441. The summed E-state index contributed by atoms with van der Waals surface area (Å²) < 4.78 is 22.5. The molecule has 2 N–H and O–H groups in total. The van der Waals surface area contributed by atoms with E-state index in [1.165, 1.54) is 11.1 Å². The van der Waals surface area contributed by atoms with E-state index in [-0.39, 0.29) is 24.0 Å². The van der Waals surface area contributed by atoms with E-state index in [4.69, 9.17) is 0 Å². The first-order valence-corrected chi connectivity index (χ1v) is 9.42. The van der Waals surface area contributed by atoms with Crippen LogP contribution in [0.1, 0.15) is 23.7 Å². The molecule has 0 amide bonds. The van der Waals surface area contributed by atoms with Crippen molar-refractivity contribution >= 4 is 51.1 Å². The molecule has 0 aliphatic carbocycles. The van der Waals surface area contributed by atoms with Gasteiger partial charge in [0.2, 0.25) is 0 Å². The Labute approximate surface area is 154 Å². The summed E-state index contributed by atoms with van der Waals surface area (Å²) in [6.45, 7) is 6.43. The van der Waals surface area contributed by atoms with Crippen molar-refractivity contribution in [3.05, 3.63) is 16.1 Å². The second kappa shape index (κ2) is 9.02. The molecule has 0 bridgehead atoms. The van der Waals surface area contributed by atoms with Crippen LogP contribution in [0.25, 0.3) is 0 Å². The summed E-state index contributed by atoms with van der Waals surface area (Å²) in [5.41, 5.74) is 0. The largest absolute Gasteiger partial charge is 0.356 e. The van der Waals surface area contributed by atoms with Crippen molar-refractivity contribution < 1.29 is 8.42 Å². The molecule has 22 heavy (non-hydrogen) atoms. The fourth-order valence-electron chi connectivity index (χ4n) is 1.45. The average Bonchev–Trinajstić information content (AvgIpc) is 2.78. The number of guanidine groups is 1. The van der Waals surface area contributed by atoms with Gasteiger partial charge in [-0.2, -0.15) is 0 Å². The molecule has 0 aliphatic heterocycles. The molecule has 6 nitrogen and oxygen atoms in total. The molecule has 1 rings (SSSR count). The van der Waals surface area contributed by atoms with Gasteiger partial charge in [0, 0.05) is 43.9 Å². The summed E-state index contributed by atoms with van der Waals surface area (Å²) in [7, 11) is -1.46. The van der Waals surface area contributed by atoms with Crippen LogP contribution in [-0.2, 0) is 16.3 Å². The maximum atomic E-state index is 11.6. The smallest absolute Gasteiger partial charge is 0.191 e. The van der Waals surface area contributed by atoms with Gasteiger partial charge in [-0.1, -0.05) is 0 Å². The van der Waals surface area contributed by atoms with Crippen LogP contribution in [0.3, 0.4) is 0 Å². The van der Waals surface area contributed by atoms with Crippen LogP contribution in [0.5, 0.6) is 0 Å². The molecule has 9 heteroatoms. The molecule has 0 saturated carbocycles. The summed E-state index contributed by atoms with van der Waals surface area (Å²) in [5, 5.41) is 7.29. The Morgan fingerprint density at radius 1 is 1.41 bits per heavy atom. The number of halogens is 1. The lowest BCUT2D eigenvalue weighted by Crippen LogP contribution is -2.48. The van der Waals surface area contributed by atoms with Crippen molar-refractivity contribution in [2.75, 3.05) is 26.4 Å². The van der Waals surface area contributed by atoms with Crippen molar-refractivity contribution in [2.24, 2.45) is 4.99 Å². The number of thiazole rings is 1. The Hall–Kier alpha value is -0.420. The van der Waals surface area contributed by atoms with Crippen molar-refractivity contribution in [1.82, 2.24) is 15.6 Å². The minimum atomic E-state index is -3.12. The summed E-state index contributed by atoms with van der Waals surface area (Å²) in [6.07, 6.45) is 3.92. The van der Waals surface area contributed by atoms with Gasteiger partial charge in [0.05, 0.1) is 9.75 Å². The predicted octanol–water partition coefficient (Wildman–Crippen LogP) is 1.60. The molecule has 0 radical (unpaired) electrons. The first-order chi connectivity index (χ1) is 9.65. The Bertz CT molecular complexity index is 597. The highest BCUT2D eigenvalue weighted by atomic mass is 127. The molecule has 128 valence electrons. The number of sulfone groups is 1. The van der Waals surface area contributed by atoms with Crippen LogP contribution in [0.4, 0.5) is 0 Å². The molecular formula is C13H25IN4O2S2. The quantitative estimate of drug-likeness (QED) is 0.383. The minimum Gasteiger partial charge on any atom is -0.356 e. The highest BCUT2D eigenvalue weighted by Crippen LogP contribution is 2.13. The average molecular weight is 460 g/mol. The van der Waals surface area contributed by atoms with E-state index in [2.05, 4.69) is 20.6 Å². The normalized spacial score (nSPS) is 12.7. The number of aryl methyl sites for hydroxylation is 1. The van der Waals surface area contributed by atoms with Gasteiger partial charge in [-0.25, -0.2) is 13.4 Å². The molecule has 1 heterocycles. The van der Waals surface area contributed by atoms with Crippen LogP contribution >= 0.6 is 35.3 Å². The number of aliphatic imine (C=N–C) groups is 1. The highest BCUT2D eigenvalue weighted by Gasteiger charge is 2.30. The van der Waals surface area contributed by atoms with E-state index < -0.39 is 14.6 Å². The maximum Gasteiger partial charge on any atom is 0.191 e. The van der Waals surface area contributed by atoms with Crippen molar-refractivity contribution in [2.45, 2.75) is 31.9 Å². The highest BCUT2D eigenvalue weighted by molar-refractivity contribution is 14.0. The molecule has 0 atom stereocenters. The number of nitrogens with zero attached hydrogens (tertiary/aromatic N) is 2. The van der Waals surface area contributed by atoms with E-state index >= 15 is 0 Å². The number of hydrogen-bond donors (Lipinski definition) is 2. The van der Waals surface area contributed by atoms with Gasteiger partial charge in [-0.3, -0.25) is 4.99 Å². The summed E-state index contributed by atoms with van der Waals surface area (Å²) in [5.74, 6) is 0.597. The first kappa shape index (κ1) is 21.6. The van der Waals surface area contributed by atoms with E-state index in [1.54, 1.807) is 32.2 Å². The summed E-state index contributed by atoms with van der Waals surface area (Å²) in [4.78, 5) is 9.58. The fourth-order valence-corrected chi connectivity index (χ4v) is 2.57. The van der Waals surface area contributed by atoms with Gasteiger partial charge >= 0.3 is 0 Å². The molecule has 1 aromatic rings. The second-order valence-corrected chi connectivity index (χ2v) is 9.47. The van der Waals surface area contributed by atoms with Gasteiger partial charge in [0.25, 0.3) is 0 Å². The van der Waals surface area contributed by atoms with Gasteiger partial charge in [-0.05, 0) is 20.8 Å². The SMILES string of the molecule is CN=C(NCCc1ncc(C)s1)NCC(C)(C)S(C)(=O)=O.I. The topological polar surface area (TPSA) is 83.4 Å². The molecule has 0 saturated heterocycles. The van der Waals surface area contributed by atoms with E-state index in [0.717, 1.165) is 11.4 Å². The van der Waals surface area contributed by atoms with Gasteiger partial charge in [0.1, 0.15) is 0 Å². The third kappa shape index (κ3) is 6.78. The summed E-state index contributed by atoms with van der Waals surface area (Å²) >= 11 is 1.68. The Morgan fingerprint density at radius 2 is 2.05 bits per heavy atom. The number of rotatable bonds is 6. The number of aromatic nitrogens is 1. The van der Waals surface area contributed by atoms with Gasteiger partial charge in [-0.15, -0.1) is 35.3 Å². The maximum absolute atomic E-state index is 11.6.